The number of imide groups is 1. The highest BCUT2D eigenvalue weighted by molar-refractivity contribution is 6.46. The fourth-order valence-corrected chi connectivity index (χ4v) is 3.51. The molecule has 4 rings (SSSR count). The van der Waals surface area contributed by atoms with Gasteiger partial charge in [0.1, 0.15) is 11.5 Å². The van der Waals surface area contributed by atoms with E-state index < -0.39 is 17.6 Å². The zero-order valence-corrected chi connectivity index (χ0v) is 17.0. The molecule has 3 aromatic carbocycles. The molecular weight excluding hydrogens is 379 g/mol. The zero-order chi connectivity index (χ0) is 21.4. The largest absolute Gasteiger partial charge is 0.350 e. The number of carbonyl (C=O) groups excluding carboxylic acids is 2. The number of halogens is 1. The number of carbonyl (C=O) groups is 2. The minimum Gasteiger partial charge on any atom is -0.350 e. The molecule has 1 N–H and O–H groups in total. The lowest BCUT2D eigenvalue weighted by atomic mass is 9.99. The van der Waals surface area contributed by atoms with Crippen LogP contribution in [0, 0.1) is 26.6 Å². The SMILES string of the molecule is Cc1ccc(C2=C(Nc3ccccc3C)C(=O)N(c3cccc(F)c3)C2=O)cc1C. The smallest absolute Gasteiger partial charge is 0.282 e. The summed E-state index contributed by atoms with van der Waals surface area (Å²) in [6.45, 7) is 5.87. The lowest BCUT2D eigenvalue weighted by Gasteiger charge is -2.15. The van der Waals surface area contributed by atoms with Gasteiger partial charge in [-0.25, -0.2) is 9.29 Å². The Morgan fingerprint density at radius 3 is 2.23 bits per heavy atom. The van der Waals surface area contributed by atoms with E-state index >= 15 is 0 Å². The van der Waals surface area contributed by atoms with Crippen LogP contribution < -0.4 is 10.2 Å². The van der Waals surface area contributed by atoms with Crippen molar-refractivity contribution in [3.63, 3.8) is 0 Å². The van der Waals surface area contributed by atoms with E-state index in [1.807, 2.05) is 63.2 Å². The van der Waals surface area contributed by atoms with Crippen molar-refractivity contribution in [2.75, 3.05) is 10.2 Å². The third-order valence-electron chi connectivity index (χ3n) is 5.35. The van der Waals surface area contributed by atoms with Gasteiger partial charge < -0.3 is 5.32 Å². The average Bonchev–Trinajstić information content (AvgIpc) is 2.95. The molecule has 0 atom stereocenters. The molecule has 2 amide bonds. The first-order chi connectivity index (χ1) is 14.4. The Bertz CT molecular complexity index is 1210. The van der Waals surface area contributed by atoms with Gasteiger partial charge in [0.2, 0.25) is 0 Å². The van der Waals surface area contributed by atoms with Crippen LogP contribution in [0.2, 0.25) is 0 Å². The molecule has 5 heteroatoms. The minimum atomic E-state index is -0.513. The van der Waals surface area contributed by atoms with Gasteiger partial charge in [0.15, 0.2) is 0 Å². The predicted molar refractivity (Wildman–Crippen MR) is 117 cm³/mol. The van der Waals surface area contributed by atoms with Crippen molar-refractivity contribution >= 4 is 28.8 Å². The molecule has 4 nitrogen and oxygen atoms in total. The maximum absolute atomic E-state index is 13.8. The van der Waals surface area contributed by atoms with E-state index in [4.69, 9.17) is 0 Å². The van der Waals surface area contributed by atoms with E-state index in [-0.39, 0.29) is 17.0 Å². The van der Waals surface area contributed by atoms with Crippen molar-refractivity contribution < 1.29 is 14.0 Å². The Hall–Kier alpha value is -3.73. The summed E-state index contributed by atoms with van der Waals surface area (Å²) in [5.74, 6) is -1.51. The van der Waals surface area contributed by atoms with Gasteiger partial charge in [-0.3, -0.25) is 9.59 Å². The maximum Gasteiger partial charge on any atom is 0.282 e. The molecule has 0 bridgehead atoms. The van der Waals surface area contributed by atoms with Crippen molar-refractivity contribution in [3.8, 4) is 0 Å². The number of para-hydroxylation sites is 1. The second-order valence-electron chi connectivity index (χ2n) is 7.41. The number of anilines is 2. The minimum absolute atomic E-state index is 0.182. The summed E-state index contributed by atoms with van der Waals surface area (Å²) in [7, 11) is 0. The highest BCUT2D eigenvalue weighted by Gasteiger charge is 2.40. The Labute approximate surface area is 174 Å². The third kappa shape index (κ3) is 3.39. The summed E-state index contributed by atoms with van der Waals surface area (Å²) in [6.07, 6.45) is 0. The first kappa shape index (κ1) is 19.6. The number of benzene rings is 3. The normalized spacial score (nSPS) is 13.9. The Kier molecular flexibility index (Phi) is 4.96. The summed E-state index contributed by atoms with van der Waals surface area (Å²) >= 11 is 0. The third-order valence-corrected chi connectivity index (χ3v) is 5.35. The molecule has 1 aliphatic heterocycles. The fourth-order valence-electron chi connectivity index (χ4n) is 3.51. The number of aryl methyl sites for hydroxylation is 3. The molecule has 0 saturated carbocycles. The Morgan fingerprint density at radius 1 is 0.767 bits per heavy atom. The molecule has 0 aromatic heterocycles. The molecule has 0 fully saturated rings. The van der Waals surface area contributed by atoms with Crippen LogP contribution in [0.3, 0.4) is 0 Å². The lowest BCUT2D eigenvalue weighted by molar-refractivity contribution is -0.120. The average molecular weight is 400 g/mol. The fraction of sp³-hybridized carbons (Fsp3) is 0.120. The summed E-state index contributed by atoms with van der Waals surface area (Å²) in [5, 5.41) is 3.16. The summed E-state index contributed by atoms with van der Waals surface area (Å²) in [4.78, 5) is 27.8. The van der Waals surface area contributed by atoms with Crippen LogP contribution in [0.15, 0.2) is 72.4 Å². The number of hydrogen-bond donors (Lipinski definition) is 1. The van der Waals surface area contributed by atoms with Gasteiger partial charge in [-0.15, -0.1) is 0 Å². The van der Waals surface area contributed by atoms with Crippen molar-refractivity contribution in [2.24, 2.45) is 0 Å². The van der Waals surface area contributed by atoms with Crippen LogP contribution in [0.25, 0.3) is 5.57 Å². The van der Waals surface area contributed by atoms with Crippen molar-refractivity contribution in [1.82, 2.24) is 0 Å². The maximum atomic E-state index is 13.8. The molecule has 0 unspecified atom stereocenters. The molecule has 0 aliphatic carbocycles. The van der Waals surface area contributed by atoms with E-state index in [1.54, 1.807) is 6.07 Å². The Morgan fingerprint density at radius 2 is 1.53 bits per heavy atom. The molecule has 1 heterocycles. The first-order valence-electron chi connectivity index (χ1n) is 9.65. The highest BCUT2D eigenvalue weighted by Crippen LogP contribution is 2.35. The van der Waals surface area contributed by atoms with Crippen LogP contribution in [-0.4, -0.2) is 11.8 Å². The van der Waals surface area contributed by atoms with E-state index in [2.05, 4.69) is 5.32 Å². The monoisotopic (exact) mass is 400 g/mol. The molecule has 150 valence electrons. The molecule has 30 heavy (non-hydrogen) atoms. The second-order valence-corrected chi connectivity index (χ2v) is 7.41. The van der Waals surface area contributed by atoms with E-state index in [9.17, 15) is 14.0 Å². The van der Waals surface area contributed by atoms with E-state index in [1.165, 1.54) is 18.2 Å². The number of nitrogens with zero attached hydrogens (tertiary/aromatic N) is 1. The Balaban J connectivity index is 1.87. The van der Waals surface area contributed by atoms with Crippen molar-refractivity contribution in [1.29, 1.82) is 0 Å². The predicted octanol–water partition coefficient (Wildman–Crippen LogP) is 5.15. The molecule has 3 aromatic rings. The van der Waals surface area contributed by atoms with Crippen LogP contribution in [-0.2, 0) is 9.59 Å². The molecular formula is C25H21FN2O2. The van der Waals surface area contributed by atoms with E-state index in [0.29, 0.717) is 5.56 Å². The summed E-state index contributed by atoms with van der Waals surface area (Å²) < 4.78 is 13.8. The van der Waals surface area contributed by atoms with Crippen molar-refractivity contribution in [3.05, 3.63) is 100 Å². The van der Waals surface area contributed by atoms with Gasteiger partial charge in [-0.2, -0.15) is 0 Å². The van der Waals surface area contributed by atoms with Crippen LogP contribution in [0.4, 0.5) is 15.8 Å². The zero-order valence-electron chi connectivity index (χ0n) is 17.0. The molecule has 0 radical (unpaired) electrons. The van der Waals surface area contributed by atoms with Crippen LogP contribution in [0.1, 0.15) is 22.3 Å². The van der Waals surface area contributed by atoms with Gasteiger partial charge >= 0.3 is 0 Å². The summed E-state index contributed by atoms with van der Waals surface area (Å²) in [6, 6.07) is 18.7. The van der Waals surface area contributed by atoms with Gasteiger partial charge in [-0.1, -0.05) is 42.5 Å². The summed E-state index contributed by atoms with van der Waals surface area (Å²) in [5.41, 5.74) is 5.08. The first-order valence-corrected chi connectivity index (χ1v) is 9.65. The number of nitrogens with one attached hydrogen (secondary N) is 1. The van der Waals surface area contributed by atoms with Crippen LogP contribution >= 0.6 is 0 Å². The standard InChI is InChI=1S/C25H21FN2O2/c1-15-11-12-18(13-17(15)3)22-23(27-21-10-5-4-7-16(21)2)25(30)28(24(22)29)20-9-6-8-19(26)14-20/h4-14,27H,1-3H3. The van der Waals surface area contributed by atoms with E-state index in [0.717, 1.165) is 27.3 Å². The number of rotatable bonds is 4. The van der Waals surface area contributed by atoms with Gasteiger partial charge in [0.05, 0.1) is 11.3 Å². The number of amides is 2. The number of hydrogen-bond acceptors (Lipinski definition) is 3. The van der Waals surface area contributed by atoms with Gasteiger partial charge in [-0.05, 0) is 67.3 Å². The highest BCUT2D eigenvalue weighted by atomic mass is 19.1. The molecule has 0 saturated heterocycles. The molecule has 0 spiro atoms. The quantitative estimate of drug-likeness (QED) is 0.617. The van der Waals surface area contributed by atoms with Crippen LogP contribution in [0.5, 0.6) is 0 Å². The topological polar surface area (TPSA) is 49.4 Å². The second kappa shape index (κ2) is 7.59. The van der Waals surface area contributed by atoms with Gasteiger partial charge in [0, 0.05) is 5.69 Å². The lowest BCUT2D eigenvalue weighted by Crippen LogP contribution is -2.32. The van der Waals surface area contributed by atoms with Gasteiger partial charge in [0.25, 0.3) is 11.8 Å². The molecule has 1 aliphatic rings. The van der Waals surface area contributed by atoms with Crippen molar-refractivity contribution in [2.45, 2.75) is 20.8 Å².